The molecular formula is C20H21N3O3. The van der Waals surface area contributed by atoms with Crippen molar-refractivity contribution in [3.8, 4) is 5.75 Å². The third-order valence-corrected chi connectivity index (χ3v) is 4.72. The van der Waals surface area contributed by atoms with Crippen molar-refractivity contribution in [2.75, 3.05) is 30.3 Å². The molecule has 6 heteroatoms. The number of carbonyl (C=O) groups excluding carboxylic acids is 2. The Bertz CT molecular complexity index is 816. The Morgan fingerprint density at radius 2 is 1.88 bits per heavy atom. The Morgan fingerprint density at radius 1 is 1.12 bits per heavy atom. The minimum atomic E-state index is -0.465. The molecule has 1 atom stereocenters. The first-order valence-corrected chi connectivity index (χ1v) is 8.88. The molecule has 0 radical (unpaired) electrons. The number of carbonyl (C=O) groups is 2. The standard InChI is InChI=1S/C20H21N3O3/c24-18-13-26-17-9-8-15(12-16(17)22-18)21-19(14-6-2-1-3-7-14)20(25)23-10-4-5-11-23/h1-3,6-9,12,19,21H,4-5,10-11,13H2,(H,22,24)/t19-/m1/s1. The largest absolute Gasteiger partial charge is 0.482 e. The van der Waals surface area contributed by atoms with Crippen molar-refractivity contribution in [2.24, 2.45) is 0 Å². The number of hydrogen-bond acceptors (Lipinski definition) is 4. The SMILES string of the molecule is O=C1COc2ccc(N[C@@H](C(=O)N3CCCC3)c3ccccc3)cc2N1. The number of ether oxygens (including phenoxy) is 1. The van der Waals surface area contributed by atoms with Crippen LogP contribution >= 0.6 is 0 Å². The van der Waals surface area contributed by atoms with Gasteiger partial charge >= 0.3 is 0 Å². The van der Waals surface area contributed by atoms with Crippen molar-refractivity contribution < 1.29 is 14.3 Å². The van der Waals surface area contributed by atoms with Crippen LogP contribution in [-0.4, -0.2) is 36.4 Å². The smallest absolute Gasteiger partial charge is 0.262 e. The molecule has 0 spiro atoms. The molecule has 1 saturated heterocycles. The Kier molecular flexibility index (Phi) is 4.48. The number of hydrogen-bond donors (Lipinski definition) is 2. The van der Waals surface area contributed by atoms with Crippen molar-refractivity contribution in [2.45, 2.75) is 18.9 Å². The number of nitrogens with zero attached hydrogens (tertiary/aromatic N) is 1. The van der Waals surface area contributed by atoms with Crippen molar-refractivity contribution in [3.05, 3.63) is 54.1 Å². The molecule has 2 aromatic carbocycles. The molecule has 2 aromatic rings. The summed E-state index contributed by atoms with van der Waals surface area (Å²) in [5.41, 5.74) is 2.30. The van der Waals surface area contributed by atoms with E-state index in [1.54, 1.807) is 12.1 Å². The van der Waals surface area contributed by atoms with E-state index >= 15 is 0 Å². The zero-order chi connectivity index (χ0) is 17.9. The van der Waals surface area contributed by atoms with Gasteiger partial charge in [0.15, 0.2) is 6.61 Å². The molecule has 2 aliphatic rings. The van der Waals surface area contributed by atoms with Crippen molar-refractivity contribution in [1.82, 2.24) is 4.90 Å². The van der Waals surface area contributed by atoms with E-state index in [-0.39, 0.29) is 18.4 Å². The van der Waals surface area contributed by atoms with Gasteiger partial charge in [-0.05, 0) is 36.6 Å². The molecule has 2 heterocycles. The minimum absolute atomic E-state index is 0.0276. The highest BCUT2D eigenvalue weighted by molar-refractivity contribution is 5.96. The number of rotatable bonds is 4. The van der Waals surface area contributed by atoms with Gasteiger partial charge in [0.1, 0.15) is 11.8 Å². The van der Waals surface area contributed by atoms with Crippen molar-refractivity contribution >= 4 is 23.2 Å². The van der Waals surface area contributed by atoms with Crippen LogP contribution in [0.1, 0.15) is 24.4 Å². The normalized spacial score (nSPS) is 17.1. The predicted octanol–water partition coefficient (Wildman–Crippen LogP) is 2.79. The van der Waals surface area contributed by atoms with Crippen LogP contribution in [0.25, 0.3) is 0 Å². The monoisotopic (exact) mass is 351 g/mol. The first-order valence-electron chi connectivity index (χ1n) is 8.88. The summed E-state index contributed by atoms with van der Waals surface area (Å²) in [5.74, 6) is 0.534. The lowest BCUT2D eigenvalue weighted by Crippen LogP contribution is -2.36. The van der Waals surface area contributed by atoms with Gasteiger partial charge in [0.25, 0.3) is 5.91 Å². The molecule has 0 bridgehead atoms. The maximum Gasteiger partial charge on any atom is 0.262 e. The Hall–Kier alpha value is -3.02. The highest BCUT2D eigenvalue weighted by Gasteiger charge is 2.28. The molecule has 1 fully saturated rings. The average molecular weight is 351 g/mol. The molecule has 2 aliphatic heterocycles. The maximum atomic E-state index is 13.1. The molecule has 2 amide bonds. The van der Waals surface area contributed by atoms with Crippen molar-refractivity contribution in [1.29, 1.82) is 0 Å². The van der Waals surface area contributed by atoms with Crippen LogP contribution in [0.2, 0.25) is 0 Å². The van der Waals surface area contributed by atoms with E-state index in [0.717, 1.165) is 37.2 Å². The average Bonchev–Trinajstić information content (AvgIpc) is 3.21. The summed E-state index contributed by atoms with van der Waals surface area (Å²) in [6, 6.07) is 14.7. The summed E-state index contributed by atoms with van der Waals surface area (Å²) in [6.45, 7) is 1.63. The zero-order valence-corrected chi connectivity index (χ0v) is 14.4. The zero-order valence-electron chi connectivity index (χ0n) is 14.4. The van der Waals surface area contributed by atoms with Gasteiger partial charge in [-0.25, -0.2) is 0 Å². The van der Waals surface area contributed by atoms with Crippen LogP contribution in [0, 0.1) is 0 Å². The lowest BCUT2D eigenvalue weighted by atomic mass is 10.0. The third-order valence-electron chi connectivity index (χ3n) is 4.72. The summed E-state index contributed by atoms with van der Waals surface area (Å²) >= 11 is 0. The van der Waals surface area contributed by atoms with Crippen LogP contribution in [-0.2, 0) is 9.59 Å². The topological polar surface area (TPSA) is 70.7 Å². The number of amides is 2. The number of fused-ring (bicyclic) bond motifs is 1. The molecule has 0 aromatic heterocycles. The number of anilines is 2. The molecule has 6 nitrogen and oxygen atoms in total. The molecule has 26 heavy (non-hydrogen) atoms. The van der Waals surface area contributed by atoms with Crippen LogP contribution < -0.4 is 15.4 Å². The molecule has 0 saturated carbocycles. The van der Waals surface area contributed by atoms with E-state index in [1.165, 1.54) is 0 Å². The summed E-state index contributed by atoms with van der Waals surface area (Å²) in [5, 5.41) is 6.14. The summed E-state index contributed by atoms with van der Waals surface area (Å²) in [6.07, 6.45) is 2.10. The van der Waals surface area contributed by atoms with E-state index in [0.29, 0.717) is 11.4 Å². The van der Waals surface area contributed by atoms with Gasteiger partial charge in [-0.3, -0.25) is 9.59 Å². The quantitative estimate of drug-likeness (QED) is 0.889. The molecule has 134 valence electrons. The maximum absolute atomic E-state index is 13.1. The second kappa shape index (κ2) is 7.07. The molecule has 0 aliphatic carbocycles. The molecule has 4 rings (SSSR count). The van der Waals surface area contributed by atoms with E-state index in [4.69, 9.17) is 4.74 Å². The Morgan fingerprint density at radius 3 is 2.65 bits per heavy atom. The van der Waals surface area contributed by atoms with Crippen LogP contribution in [0.4, 0.5) is 11.4 Å². The van der Waals surface area contributed by atoms with Gasteiger partial charge < -0.3 is 20.3 Å². The van der Waals surface area contributed by atoms with E-state index < -0.39 is 6.04 Å². The Labute approximate surface area is 152 Å². The molecule has 2 N–H and O–H groups in total. The third kappa shape index (κ3) is 3.35. The fourth-order valence-corrected chi connectivity index (χ4v) is 3.39. The van der Waals surface area contributed by atoms with Gasteiger partial charge in [0.05, 0.1) is 5.69 Å². The van der Waals surface area contributed by atoms with Crippen LogP contribution in [0.5, 0.6) is 5.75 Å². The minimum Gasteiger partial charge on any atom is -0.482 e. The molecule has 0 unspecified atom stereocenters. The van der Waals surface area contributed by atoms with E-state index in [1.807, 2.05) is 41.3 Å². The highest BCUT2D eigenvalue weighted by Crippen LogP contribution is 2.32. The van der Waals surface area contributed by atoms with Gasteiger partial charge in [-0.1, -0.05) is 30.3 Å². The predicted molar refractivity (Wildman–Crippen MR) is 99.2 cm³/mol. The van der Waals surface area contributed by atoms with E-state index in [2.05, 4.69) is 10.6 Å². The first-order chi connectivity index (χ1) is 12.7. The highest BCUT2D eigenvalue weighted by atomic mass is 16.5. The van der Waals surface area contributed by atoms with Gasteiger partial charge in [0.2, 0.25) is 5.91 Å². The lowest BCUT2D eigenvalue weighted by Gasteiger charge is -2.26. The van der Waals surface area contributed by atoms with Crippen LogP contribution in [0.15, 0.2) is 48.5 Å². The van der Waals surface area contributed by atoms with E-state index in [9.17, 15) is 9.59 Å². The second-order valence-corrected chi connectivity index (χ2v) is 6.57. The summed E-state index contributed by atoms with van der Waals surface area (Å²) in [4.78, 5) is 26.5. The first kappa shape index (κ1) is 16.4. The lowest BCUT2D eigenvalue weighted by molar-refractivity contribution is -0.131. The number of nitrogens with one attached hydrogen (secondary N) is 2. The van der Waals surface area contributed by atoms with Gasteiger partial charge in [0, 0.05) is 18.8 Å². The van der Waals surface area contributed by atoms with Gasteiger partial charge in [-0.2, -0.15) is 0 Å². The summed E-state index contributed by atoms with van der Waals surface area (Å²) < 4.78 is 5.39. The fraction of sp³-hybridized carbons (Fsp3) is 0.300. The van der Waals surface area contributed by atoms with Crippen molar-refractivity contribution in [3.63, 3.8) is 0 Å². The fourth-order valence-electron chi connectivity index (χ4n) is 3.39. The Balaban J connectivity index is 1.61. The van der Waals surface area contributed by atoms with Crippen LogP contribution in [0.3, 0.4) is 0 Å². The molecular weight excluding hydrogens is 330 g/mol. The number of benzene rings is 2. The van der Waals surface area contributed by atoms with Gasteiger partial charge in [-0.15, -0.1) is 0 Å². The number of likely N-dealkylation sites (tertiary alicyclic amines) is 1. The second-order valence-electron chi connectivity index (χ2n) is 6.57. The summed E-state index contributed by atoms with van der Waals surface area (Å²) in [7, 11) is 0.